The SMILES string of the molecule is CCCN(C(=O)/C=C/c1cn(-c2ccccc2)nc1-c1cc2ccccc2o1)C1CCS(=O)(=O)C1. The number of rotatable bonds is 7. The standard InChI is InChI=1S/C27H27N3O4S/c1-2-15-29(23-14-16-35(32,33)19-23)26(31)13-12-21-18-30(22-9-4-3-5-10-22)28-27(21)25-17-20-8-6-7-11-24(20)34-25/h3-13,17-18,23H,2,14-16,19H2,1H3/b13-12+. The molecule has 0 N–H and O–H groups in total. The number of aromatic nitrogens is 2. The Morgan fingerprint density at radius 1 is 1.17 bits per heavy atom. The van der Waals surface area contributed by atoms with E-state index in [0.717, 1.165) is 28.6 Å². The van der Waals surface area contributed by atoms with Crippen molar-refractivity contribution in [2.75, 3.05) is 18.1 Å². The van der Waals surface area contributed by atoms with Crippen LogP contribution in [0.15, 0.2) is 77.4 Å². The van der Waals surface area contributed by atoms with Gasteiger partial charge in [0, 0.05) is 35.8 Å². The fourth-order valence-corrected chi connectivity index (χ4v) is 6.23. The van der Waals surface area contributed by atoms with Crippen molar-refractivity contribution >= 4 is 32.8 Å². The van der Waals surface area contributed by atoms with Crippen LogP contribution in [-0.4, -0.2) is 53.1 Å². The molecule has 0 aliphatic carbocycles. The average Bonchev–Trinajstić information content (AvgIpc) is 3.57. The lowest BCUT2D eigenvalue weighted by Crippen LogP contribution is -2.40. The van der Waals surface area contributed by atoms with Gasteiger partial charge < -0.3 is 9.32 Å². The molecule has 0 saturated carbocycles. The van der Waals surface area contributed by atoms with Gasteiger partial charge in [0.05, 0.1) is 17.2 Å². The molecule has 0 bridgehead atoms. The summed E-state index contributed by atoms with van der Waals surface area (Å²) >= 11 is 0. The summed E-state index contributed by atoms with van der Waals surface area (Å²) in [6.07, 6.45) is 6.36. The molecule has 5 rings (SSSR count). The number of carbonyl (C=O) groups is 1. The van der Waals surface area contributed by atoms with Gasteiger partial charge in [0.1, 0.15) is 11.3 Å². The van der Waals surface area contributed by atoms with Crippen LogP contribution in [0.1, 0.15) is 25.3 Å². The molecule has 35 heavy (non-hydrogen) atoms. The van der Waals surface area contributed by atoms with Crippen molar-refractivity contribution in [1.29, 1.82) is 0 Å². The molecule has 8 heteroatoms. The van der Waals surface area contributed by atoms with Crippen molar-refractivity contribution in [2.24, 2.45) is 0 Å². The highest BCUT2D eigenvalue weighted by Gasteiger charge is 2.33. The molecule has 1 amide bonds. The number of fused-ring (bicyclic) bond motifs is 1. The molecule has 0 spiro atoms. The Morgan fingerprint density at radius 3 is 2.66 bits per heavy atom. The van der Waals surface area contributed by atoms with Crippen LogP contribution in [0, 0.1) is 0 Å². The molecule has 1 aliphatic heterocycles. The summed E-state index contributed by atoms with van der Waals surface area (Å²) in [7, 11) is -3.09. The molecule has 1 unspecified atom stereocenters. The van der Waals surface area contributed by atoms with Crippen LogP contribution >= 0.6 is 0 Å². The molecule has 0 radical (unpaired) electrons. The third-order valence-corrected chi connectivity index (χ3v) is 7.97. The van der Waals surface area contributed by atoms with Gasteiger partial charge in [-0.2, -0.15) is 5.10 Å². The minimum Gasteiger partial charge on any atom is -0.454 e. The third-order valence-electron chi connectivity index (χ3n) is 6.22. The van der Waals surface area contributed by atoms with E-state index in [1.807, 2.05) is 73.8 Å². The second kappa shape index (κ2) is 9.54. The van der Waals surface area contributed by atoms with Crippen molar-refractivity contribution in [3.05, 3.63) is 78.5 Å². The van der Waals surface area contributed by atoms with Gasteiger partial charge in [-0.3, -0.25) is 4.79 Å². The number of hydrogen-bond donors (Lipinski definition) is 0. The van der Waals surface area contributed by atoms with Crippen molar-refractivity contribution in [3.63, 3.8) is 0 Å². The molecule has 4 aromatic rings. The second-order valence-corrected chi connectivity index (χ2v) is 11.0. The summed E-state index contributed by atoms with van der Waals surface area (Å²) < 4.78 is 31.8. The Balaban J connectivity index is 1.50. The smallest absolute Gasteiger partial charge is 0.246 e. The number of sulfone groups is 1. The van der Waals surface area contributed by atoms with E-state index in [2.05, 4.69) is 0 Å². The van der Waals surface area contributed by atoms with Crippen molar-refractivity contribution < 1.29 is 17.6 Å². The number of furan rings is 1. The predicted molar refractivity (Wildman–Crippen MR) is 137 cm³/mol. The quantitative estimate of drug-likeness (QED) is 0.351. The Kier molecular flexibility index (Phi) is 6.30. The second-order valence-electron chi connectivity index (χ2n) is 8.78. The van der Waals surface area contributed by atoms with Gasteiger partial charge >= 0.3 is 0 Å². The molecular formula is C27H27N3O4S. The zero-order valence-corrected chi connectivity index (χ0v) is 20.3. The van der Waals surface area contributed by atoms with Gasteiger partial charge in [-0.1, -0.05) is 43.3 Å². The van der Waals surface area contributed by atoms with E-state index in [-0.39, 0.29) is 23.5 Å². The highest BCUT2D eigenvalue weighted by atomic mass is 32.2. The number of para-hydroxylation sites is 2. The highest BCUT2D eigenvalue weighted by Crippen LogP contribution is 2.30. The molecule has 1 fully saturated rings. The fraction of sp³-hybridized carbons (Fsp3) is 0.259. The molecule has 2 aromatic carbocycles. The zero-order valence-electron chi connectivity index (χ0n) is 19.5. The Labute approximate surface area is 204 Å². The minimum atomic E-state index is -3.09. The van der Waals surface area contributed by atoms with Crippen LogP contribution in [0.3, 0.4) is 0 Å². The maximum absolute atomic E-state index is 13.2. The van der Waals surface area contributed by atoms with Crippen LogP contribution in [-0.2, 0) is 14.6 Å². The summed E-state index contributed by atoms with van der Waals surface area (Å²) in [4.78, 5) is 14.8. The summed E-state index contributed by atoms with van der Waals surface area (Å²) in [6.45, 7) is 2.50. The average molecular weight is 490 g/mol. The molecule has 180 valence electrons. The summed E-state index contributed by atoms with van der Waals surface area (Å²) in [6, 6.07) is 19.2. The van der Waals surface area contributed by atoms with Crippen LogP contribution in [0.2, 0.25) is 0 Å². The molecule has 3 heterocycles. The van der Waals surface area contributed by atoms with Crippen molar-refractivity contribution in [2.45, 2.75) is 25.8 Å². The summed E-state index contributed by atoms with van der Waals surface area (Å²) in [5, 5.41) is 5.74. The van der Waals surface area contributed by atoms with Gasteiger partial charge in [0.2, 0.25) is 5.91 Å². The van der Waals surface area contributed by atoms with Crippen molar-refractivity contribution in [1.82, 2.24) is 14.7 Å². The van der Waals surface area contributed by atoms with Gasteiger partial charge in [-0.25, -0.2) is 13.1 Å². The Morgan fingerprint density at radius 2 is 1.94 bits per heavy atom. The monoisotopic (exact) mass is 489 g/mol. The van der Waals surface area contributed by atoms with E-state index >= 15 is 0 Å². The molecule has 1 atom stereocenters. The molecule has 1 saturated heterocycles. The molecule has 2 aromatic heterocycles. The number of amides is 1. The van der Waals surface area contributed by atoms with Gasteiger partial charge in [-0.05, 0) is 43.2 Å². The van der Waals surface area contributed by atoms with E-state index in [1.54, 1.807) is 15.7 Å². The third kappa shape index (κ3) is 4.93. The van der Waals surface area contributed by atoms with Gasteiger partial charge in [0.15, 0.2) is 15.6 Å². The van der Waals surface area contributed by atoms with Crippen molar-refractivity contribution in [3.8, 4) is 17.1 Å². The fourth-order valence-electron chi connectivity index (χ4n) is 4.50. The lowest BCUT2D eigenvalue weighted by Gasteiger charge is -2.26. The maximum Gasteiger partial charge on any atom is 0.246 e. The van der Waals surface area contributed by atoms with Crippen LogP contribution in [0.4, 0.5) is 0 Å². The van der Waals surface area contributed by atoms with Crippen LogP contribution < -0.4 is 0 Å². The first-order valence-corrected chi connectivity index (χ1v) is 13.6. The van der Waals surface area contributed by atoms with E-state index in [0.29, 0.717) is 24.4 Å². The maximum atomic E-state index is 13.2. The Bertz CT molecular complexity index is 1450. The minimum absolute atomic E-state index is 0.0305. The lowest BCUT2D eigenvalue weighted by molar-refractivity contribution is -0.127. The highest BCUT2D eigenvalue weighted by molar-refractivity contribution is 7.91. The largest absolute Gasteiger partial charge is 0.454 e. The molecule has 7 nitrogen and oxygen atoms in total. The van der Waals surface area contributed by atoms with Crippen LogP contribution in [0.25, 0.3) is 34.2 Å². The van der Waals surface area contributed by atoms with E-state index in [1.165, 1.54) is 6.08 Å². The topological polar surface area (TPSA) is 85.4 Å². The number of hydrogen-bond acceptors (Lipinski definition) is 5. The first-order valence-electron chi connectivity index (χ1n) is 11.8. The van der Waals surface area contributed by atoms with E-state index in [9.17, 15) is 13.2 Å². The number of carbonyl (C=O) groups excluding carboxylic acids is 1. The summed E-state index contributed by atoms with van der Waals surface area (Å²) in [5.41, 5.74) is 3.01. The predicted octanol–water partition coefficient (Wildman–Crippen LogP) is 4.72. The number of nitrogens with zero attached hydrogens (tertiary/aromatic N) is 3. The normalized spacial score (nSPS) is 17.3. The van der Waals surface area contributed by atoms with Gasteiger partial charge in [0.25, 0.3) is 0 Å². The molecule has 1 aliphatic rings. The van der Waals surface area contributed by atoms with Crippen LogP contribution in [0.5, 0.6) is 0 Å². The first-order chi connectivity index (χ1) is 16.9. The number of benzene rings is 2. The molecular weight excluding hydrogens is 462 g/mol. The van der Waals surface area contributed by atoms with E-state index in [4.69, 9.17) is 9.52 Å². The van der Waals surface area contributed by atoms with E-state index < -0.39 is 9.84 Å². The zero-order chi connectivity index (χ0) is 24.4. The van der Waals surface area contributed by atoms with Gasteiger partial charge in [-0.15, -0.1) is 0 Å². The lowest BCUT2D eigenvalue weighted by atomic mass is 10.1. The Hall–Kier alpha value is -3.65. The summed E-state index contributed by atoms with van der Waals surface area (Å²) in [5.74, 6) is 0.578. The first kappa shape index (κ1) is 23.1.